The van der Waals surface area contributed by atoms with Crippen LogP contribution in [0.15, 0.2) is 0 Å². The Labute approximate surface area is 126 Å². The van der Waals surface area contributed by atoms with Crippen LogP contribution in [0.5, 0.6) is 0 Å². The summed E-state index contributed by atoms with van der Waals surface area (Å²) in [4.78, 5) is 11.6. The highest BCUT2D eigenvalue weighted by Gasteiger charge is 2.75. The third-order valence-electron chi connectivity index (χ3n) is 3.84. The van der Waals surface area contributed by atoms with E-state index in [1.807, 2.05) is 6.92 Å². The van der Waals surface area contributed by atoms with Crippen LogP contribution in [0, 0.1) is 11.3 Å². The van der Waals surface area contributed by atoms with Crippen LogP contribution < -0.4 is 0 Å². The van der Waals surface area contributed by atoms with Crippen LogP contribution in [0.4, 0.5) is 26.3 Å². The molecule has 0 aliphatic rings. The van der Waals surface area contributed by atoms with Gasteiger partial charge in [-0.05, 0) is 18.8 Å². The summed E-state index contributed by atoms with van der Waals surface area (Å²) in [6, 6.07) is 0. The quantitative estimate of drug-likeness (QED) is 0.446. The predicted octanol–water partition coefficient (Wildman–Crippen LogP) is 5.27. The third kappa shape index (κ3) is 4.52. The SMILES string of the molecule is CCCC[C@@H](CC)COC(=O)C(CC)(C(F)(F)F)C(F)(F)F. The van der Waals surface area contributed by atoms with Gasteiger partial charge in [-0.25, -0.2) is 0 Å². The Hall–Kier alpha value is -0.950. The number of unbranched alkanes of at least 4 members (excludes halogenated alkanes) is 1. The van der Waals surface area contributed by atoms with Crippen molar-refractivity contribution in [2.24, 2.45) is 11.3 Å². The predicted molar refractivity (Wildman–Crippen MR) is 69.1 cm³/mol. The van der Waals surface area contributed by atoms with E-state index in [0.29, 0.717) is 19.8 Å². The summed E-state index contributed by atoms with van der Waals surface area (Å²) in [5, 5.41) is 0. The fourth-order valence-corrected chi connectivity index (χ4v) is 2.15. The molecule has 1 atom stereocenters. The number of carbonyl (C=O) groups excluding carboxylic acids is 1. The van der Waals surface area contributed by atoms with Gasteiger partial charge in [-0.2, -0.15) is 26.3 Å². The van der Waals surface area contributed by atoms with Crippen LogP contribution in [0.1, 0.15) is 52.9 Å². The molecule has 0 amide bonds. The minimum atomic E-state index is -5.75. The lowest BCUT2D eigenvalue weighted by Gasteiger charge is -2.34. The van der Waals surface area contributed by atoms with E-state index in [4.69, 9.17) is 0 Å². The van der Waals surface area contributed by atoms with Gasteiger partial charge in [0.25, 0.3) is 5.41 Å². The van der Waals surface area contributed by atoms with Gasteiger partial charge in [0, 0.05) is 0 Å². The molecule has 0 aliphatic carbocycles. The summed E-state index contributed by atoms with van der Waals surface area (Å²) in [7, 11) is 0. The van der Waals surface area contributed by atoms with E-state index in [0.717, 1.165) is 12.8 Å². The Morgan fingerprint density at radius 3 is 1.82 bits per heavy atom. The van der Waals surface area contributed by atoms with Crippen molar-refractivity contribution in [1.29, 1.82) is 0 Å². The summed E-state index contributed by atoms with van der Waals surface area (Å²) in [5.74, 6) is -2.50. The second-order valence-corrected chi connectivity index (χ2v) is 5.27. The lowest BCUT2D eigenvalue weighted by molar-refractivity contribution is -0.333. The van der Waals surface area contributed by atoms with Gasteiger partial charge >= 0.3 is 18.3 Å². The second-order valence-electron chi connectivity index (χ2n) is 5.27. The number of carbonyl (C=O) groups is 1. The van der Waals surface area contributed by atoms with Crippen molar-refractivity contribution < 1.29 is 35.9 Å². The van der Waals surface area contributed by atoms with E-state index < -0.39 is 36.8 Å². The number of esters is 1. The first kappa shape index (κ1) is 21.0. The smallest absolute Gasteiger partial charge is 0.413 e. The normalized spacial score (nSPS) is 14.8. The minimum Gasteiger partial charge on any atom is -0.464 e. The number of hydrogen-bond acceptors (Lipinski definition) is 2. The zero-order valence-corrected chi connectivity index (χ0v) is 12.9. The first-order valence-electron chi connectivity index (χ1n) is 7.28. The first-order chi connectivity index (χ1) is 9.97. The molecule has 0 aromatic carbocycles. The molecule has 2 nitrogen and oxygen atoms in total. The average molecular weight is 336 g/mol. The number of alkyl halides is 6. The van der Waals surface area contributed by atoms with Crippen molar-refractivity contribution >= 4 is 5.97 Å². The summed E-state index contributed by atoms with van der Waals surface area (Å²) in [5.41, 5.74) is -4.46. The Balaban J connectivity index is 5.16. The van der Waals surface area contributed by atoms with Gasteiger partial charge in [-0.3, -0.25) is 4.79 Å². The number of rotatable bonds is 8. The molecular weight excluding hydrogens is 314 g/mol. The minimum absolute atomic E-state index is 0.236. The van der Waals surface area contributed by atoms with Gasteiger partial charge in [0.15, 0.2) is 0 Å². The molecule has 0 aromatic rings. The third-order valence-corrected chi connectivity index (χ3v) is 3.84. The van der Waals surface area contributed by atoms with Crippen LogP contribution in [-0.4, -0.2) is 24.9 Å². The molecule has 0 fully saturated rings. The Kier molecular flexibility index (Phi) is 7.71. The molecule has 0 unspecified atom stereocenters. The highest BCUT2D eigenvalue weighted by atomic mass is 19.4. The molecule has 0 bridgehead atoms. The molecule has 0 radical (unpaired) electrons. The summed E-state index contributed by atoms with van der Waals surface area (Å²) in [6.07, 6.45) is -10.2. The zero-order valence-electron chi connectivity index (χ0n) is 12.9. The van der Waals surface area contributed by atoms with Gasteiger partial charge in [0.2, 0.25) is 0 Å². The Morgan fingerprint density at radius 2 is 1.50 bits per heavy atom. The summed E-state index contributed by atoms with van der Waals surface area (Å²) >= 11 is 0. The maximum Gasteiger partial charge on any atom is 0.413 e. The van der Waals surface area contributed by atoms with Crippen LogP contribution in [0.25, 0.3) is 0 Å². The lowest BCUT2D eigenvalue weighted by Crippen LogP contribution is -2.56. The standard InChI is InChI=1S/C14H22F6O2/c1-4-7-8-10(5-2)9-22-11(21)12(6-3,13(15,16)17)14(18,19)20/h10H,4-9H2,1-3H3/t10-/m1/s1. The van der Waals surface area contributed by atoms with E-state index in [2.05, 4.69) is 4.74 Å². The fraction of sp³-hybridized carbons (Fsp3) is 0.929. The topological polar surface area (TPSA) is 26.3 Å². The summed E-state index contributed by atoms with van der Waals surface area (Å²) in [6.45, 7) is 3.91. The zero-order chi connectivity index (χ0) is 17.6. The first-order valence-corrected chi connectivity index (χ1v) is 7.28. The van der Waals surface area contributed by atoms with Crippen LogP contribution >= 0.6 is 0 Å². The van der Waals surface area contributed by atoms with Gasteiger partial charge in [-0.15, -0.1) is 0 Å². The molecule has 0 saturated carbocycles. The number of halogens is 6. The Morgan fingerprint density at radius 1 is 1.00 bits per heavy atom. The Bertz CT molecular complexity index is 334. The van der Waals surface area contributed by atoms with Crippen LogP contribution in [0.2, 0.25) is 0 Å². The lowest BCUT2D eigenvalue weighted by atomic mass is 9.83. The van der Waals surface area contributed by atoms with Crippen molar-refractivity contribution in [3.8, 4) is 0 Å². The molecule has 0 heterocycles. The molecule has 0 saturated heterocycles. The van der Waals surface area contributed by atoms with Crippen molar-refractivity contribution in [2.75, 3.05) is 6.61 Å². The van der Waals surface area contributed by atoms with E-state index >= 15 is 0 Å². The van der Waals surface area contributed by atoms with Crippen LogP contribution in [0.3, 0.4) is 0 Å². The molecule has 8 heteroatoms. The molecule has 132 valence electrons. The molecule has 0 spiro atoms. The molecule has 22 heavy (non-hydrogen) atoms. The summed E-state index contributed by atoms with van der Waals surface area (Å²) < 4.78 is 81.9. The van der Waals surface area contributed by atoms with E-state index in [-0.39, 0.29) is 5.92 Å². The van der Waals surface area contributed by atoms with Crippen molar-refractivity contribution in [3.63, 3.8) is 0 Å². The van der Waals surface area contributed by atoms with Crippen molar-refractivity contribution in [1.82, 2.24) is 0 Å². The van der Waals surface area contributed by atoms with Gasteiger partial charge in [0.05, 0.1) is 6.61 Å². The highest BCUT2D eigenvalue weighted by Crippen LogP contribution is 2.53. The van der Waals surface area contributed by atoms with Crippen LogP contribution in [-0.2, 0) is 9.53 Å². The number of hydrogen-bond donors (Lipinski definition) is 0. The van der Waals surface area contributed by atoms with Gasteiger partial charge in [-0.1, -0.05) is 40.0 Å². The van der Waals surface area contributed by atoms with Crippen molar-refractivity contribution in [3.05, 3.63) is 0 Å². The van der Waals surface area contributed by atoms with Gasteiger partial charge in [0.1, 0.15) is 0 Å². The molecule has 0 rings (SSSR count). The maximum atomic E-state index is 12.9. The monoisotopic (exact) mass is 336 g/mol. The molecule has 0 aromatic heterocycles. The van der Waals surface area contributed by atoms with E-state index in [9.17, 15) is 31.1 Å². The van der Waals surface area contributed by atoms with Crippen molar-refractivity contribution in [2.45, 2.75) is 65.2 Å². The molecular formula is C14H22F6O2. The fourth-order valence-electron chi connectivity index (χ4n) is 2.15. The highest BCUT2D eigenvalue weighted by molar-refractivity contribution is 5.79. The molecule has 0 aliphatic heterocycles. The van der Waals surface area contributed by atoms with E-state index in [1.54, 1.807) is 6.92 Å². The average Bonchev–Trinajstić information content (AvgIpc) is 2.36. The second kappa shape index (κ2) is 8.06. The maximum absolute atomic E-state index is 12.9. The number of ether oxygens (including phenoxy) is 1. The van der Waals surface area contributed by atoms with Gasteiger partial charge < -0.3 is 4.74 Å². The molecule has 0 N–H and O–H groups in total. The van der Waals surface area contributed by atoms with E-state index in [1.165, 1.54) is 0 Å². The largest absolute Gasteiger partial charge is 0.464 e.